The molecule has 19 heavy (non-hydrogen) atoms. The lowest BCUT2D eigenvalue weighted by atomic mass is 10.3. The maximum atomic E-state index is 8.36. The van der Waals surface area contributed by atoms with Crippen LogP contribution in [0.5, 0.6) is 0 Å². The van der Waals surface area contributed by atoms with Crippen molar-refractivity contribution < 1.29 is 10.3 Å². The number of aliphatic imine (C=N–C) groups is 1. The Morgan fingerprint density at radius 3 is 2.37 bits per heavy atom. The molecular weight excluding hydrogens is 276 g/mol. The number of benzene rings is 1. The smallest absolute Gasteiger partial charge is 0.291 e. The van der Waals surface area contributed by atoms with E-state index in [1.807, 2.05) is 0 Å². The monoisotopic (exact) mass is 288 g/mol. The van der Waals surface area contributed by atoms with E-state index in [4.69, 9.17) is 38.1 Å². The fraction of sp³-hybridized carbons (Fsp3) is 0.111. The summed E-state index contributed by atoms with van der Waals surface area (Å²) < 4.78 is 0. The Kier molecular flexibility index (Phi) is 7.38. The van der Waals surface area contributed by atoms with Gasteiger partial charge in [-0.3, -0.25) is 15.7 Å². The lowest BCUT2D eigenvalue weighted by Gasteiger charge is -2.09. The third-order valence-electron chi connectivity index (χ3n) is 1.58. The third kappa shape index (κ3) is 9.18. The van der Waals surface area contributed by atoms with E-state index < -0.39 is 5.09 Å². The molecule has 0 unspecified atom stereocenters. The van der Waals surface area contributed by atoms with Crippen molar-refractivity contribution in [3.05, 3.63) is 39.4 Å². The zero-order valence-electron chi connectivity index (χ0n) is 9.92. The molecule has 10 heteroatoms. The Bertz CT molecular complexity index is 458. The first kappa shape index (κ1) is 16.4. The van der Waals surface area contributed by atoms with Crippen molar-refractivity contribution in [3.63, 3.8) is 0 Å². The Hall–Kier alpha value is -2.55. The summed E-state index contributed by atoms with van der Waals surface area (Å²) in [7, 11) is 1.59. The fourth-order valence-corrected chi connectivity index (χ4v) is 1.07. The van der Waals surface area contributed by atoms with Crippen molar-refractivity contribution in [2.45, 2.75) is 0 Å². The van der Waals surface area contributed by atoms with Gasteiger partial charge in [-0.05, 0) is 24.3 Å². The first-order valence-electron chi connectivity index (χ1n) is 4.78. The Morgan fingerprint density at radius 2 is 2.00 bits per heavy atom. The molecular formula is C9H13ClN6O3. The average molecular weight is 289 g/mol. The van der Waals surface area contributed by atoms with Crippen LogP contribution in [-0.4, -0.2) is 29.3 Å². The van der Waals surface area contributed by atoms with E-state index >= 15 is 0 Å². The van der Waals surface area contributed by atoms with Crippen LogP contribution in [0.4, 0.5) is 5.69 Å². The molecule has 0 fully saturated rings. The van der Waals surface area contributed by atoms with Gasteiger partial charge in [0.05, 0.1) is 0 Å². The van der Waals surface area contributed by atoms with Crippen LogP contribution in [0, 0.1) is 15.5 Å². The van der Waals surface area contributed by atoms with E-state index in [1.54, 1.807) is 31.3 Å². The fourth-order valence-electron chi connectivity index (χ4n) is 0.941. The van der Waals surface area contributed by atoms with Crippen LogP contribution in [0.3, 0.4) is 0 Å². The molecule has 0 aromatic heterocycles. The largest absolute Gasteiger partial charge is 0.370 e. The number of hydrogen-bond donors (Lipinski definition) is 5. The van der Waals surface area contributed by atoms with Gasteiger partial charge in [0, 0.05) is 17.8 Å². The van der Waals surface area contributed by atoms with Crippen molar-refractivity contribution in [1.29, 1.82) is 5.41 Å². The van der Waals surface area contributed by atoms with E-state index in [0.29, 0.717) is 11.0 Å². The maximum Gasteiger partial charge on any atom is 0.291 e. The molecule has 0 radical (unpaired) electrons. The minimum absolute atomic E-state index is 0.169. The molecule has 0 spiro atoms. The standard InChI is InChI=1S/C9H12ClN5.HNO3/c1-13-9(15-8(11)12)14-7-4-2-6(10)3-5-7;2-1(3)4/h2-5H,1H3,(H5,11,12,13,14,15);(H,2,3,4). The van der Waals surface area contributed by atoms with Crippen LogP contribution in [-0.2, 0) is 0 Å². The summed E-state index contributed by atoms with van der Waals surface area (Å²) in [5.41, 5.74) is 5.99. The molecule has 0 aliphatic rings. The van der Waals surface area contributed by atoms with Crippen molar-refractivity contribution in [1.82, 2.24) is 5.32 Å². The number of anilines is 1. The van der Waals surface area contributed by atoms with Gasteiger partial charge in [0.15, 0.2) is 5.96 Å². The van der Waals surface area contributed by atoms with Gasteiger partial charge in [0.25, 0.3) is 5.09 Å². The molecule has 1 rings (SSSR count). The van der Waals surface area contributed by atoms with Gasteiger partial charge in [0.1, 0.15) is 0 Å². The van der Waals surface area contributed by atoms with Crippen LogP contribution in [0.25, 0.3) is 0 Å². The SMILES string of the molecule is CN=C(NC(=N)N)Nc1ccc(Cl)cc1.O=[N+]([O-])O. The molecule has 9 nitrogen and oxygen atoms in total. The molecule has 104 valence electrons. The highest BCUT2D eigenvalue weighted by molar-refractivity contribution is 6.30. The molecule has 0 aliphatic heterocycles. The van der Waals surface area contributed by atoms with Gasteiger partial charge in [-0.15, -0.1) is 10.1 Å². The molecule has 0 atom stereocenters. The molecule has 6 N–H and O–H groups in total. The van der Waals surface area contributed by atoms with Crippen LogP contribution in [0.15, 0.2) is 29.3 Å². The normalized spacial score (nSPS) is 9.89. The van der Waals surface area contributed by atoms with Gasteiger partial charge in [0.2, 0.25) is 5.96 Å². The highest BCUT2D eigenvalue weighted by atomic mass is 35.5. The first-order chi connectivity index (χ1) is 8.85. The minimum Gasteiger partial charge on any atom is -0.370 e. The molecule has 1 aromatic carbocycles. The second kappa shape index (κ2) is 8.53. The summed E-state index contributed by atoms with van der Waals surface area (Å²) in [6.45, 7) is 0. The molecule has 1 aromatic rings. The molecule has 0 saturated carbocycles. The van der Waals surface area contributed by atoms with E-state index in [0.717, 1.165) is 5.69 Å². The van der Waals surface area contributed by atoms with Gasteiger partial charge < -0.3 is 16.3 Å². The summed E-state index contributed by atoms with van der Waals surface area (Å²) in [5.74, 6) is 0.238. The Balaban J connectivity index is 0.000000711. The van der Waals surface area contributed by atoms with Gasteiger partial charge in [-0.25, -0.2) is 0 Å². The summed E-state index contributed by atoms with van der Waals surface area (Å²) in [6, 6.07) is 7.11. The topological polar surface area (TPSA) is 150 Å². The number of nitrogens with two attached hydrogens (primary N) is 1. The third-order valence-corrected chi connectivity index (χ3v) is 1.84. The highest BCUT2D eigenvalue weighted by Gasteiger charge is 1.99. The van der Waals surface area contributed by atoms with Gasteiger partial charge in [-0.2, -0.15) is 0 Å². The lowest BCUT2D eigenvalue weighted by Crippen LogP contribution is -2.39. The van der Waals surface area contributed by atoms with Crippen molar-refractivity contribution in [2.24, 2.45) is 10.7 Å². The van der Waals surface area contributed by atoms with E-state index in [9.17, 15) is 0 Å². The number of guanidine groups is 2. The number of nitrogens with zero attached hydrogens (tertiary/aromatic N) is 2. The minimum atomic E-state index is -1.50. The van der Waals surface area contributed by atoms with E-state index in [1.165, 1.54) is 0 Å². The average Bonchev–Trinajstić information content (AvgIpc) is 2.30. The Morgan fingerprint density at radius 1 is 1.53 bits per heavy atom. The molecule has 0 bridgehead atoms. The number of rotatable bonds is 1. The highest BCUT2D eigenvalue weighted by Crippen LogP contribution is 2.12. The Labute approximate surface area is 113 Å². The van der Waals surface area contributed by atoms with E-state index in [-0.39, 0.29) is 5.96 Å². The van der Waals surface area contributed by atoms with Crippen LogP contribution in [0.2, 0.25) is 5.02 Å². The molecule has 0 aliphatic carbocycles. The van der Waals surface area contributed by atoms with Crippen molar-refractivity contribution in [2.75, 3.05) is 12.4 Å². The summed E-state index contributed by atoms with van der Waals surface area (Å²) in [6.07, 6.45) is 0. The predicted molar refractivity (Wildman–Crippen MR) is 72.3 cm³/mol. The first-order valence-corrected chi connectivity index (χ1v) is 5.16. The zero-order chi connectivity index (χ0) is 14.8. The quantitative estimate of drug-likeness (QED) is 0.224. The molecule has 0 heterocycles. The number of halogens is 1. The molecule has 0 amide bonds. The molecule has 0 saturated heterocycles. The number of hydrogen-bond acceptors (Lipinski definition) is 4. The van der Waals surface area contributed by atoms with Crippen LogP contribution < -0.4 is 16.4 Å². The van der Waals surface area contributed by atoms with E-state index in [2.05, 4.69) is 15.6 Å². The van der Waals surface area contributed by atoms with Crippen LogP contribution in [0.1, 0.15) is 0 Å². The van der Waals surface area contributed by atoms with Crippen LogP contribution >= 0.6 is 11.6 Å². The zero-order valence-corrected chi connectivity index (χ0v) is 10.7. The van der Waals surface area contributed by atoms with Crippen molar-refractivity contribution in [3.8, 4) is 0 Å². The van der Waals surface area contributed by atoms with Crippen molar-refractivity contribution >= 4 is 29.2 Å². The second-order valence-corrected chi connectivity index (χ2v) is 3.42. The van der Waals surface area contributed by atoms with Gasteiger partial charge >= 0.3 is 0 Å². The predicted octanol–water partition coefficient (Wildman–Crippen LogP) is 0.873. The summed E-state index contributed by atoms with van der Waals surface area (Å²) in [4.78, 5) is 12.2. The maximum absolute atomic E-state index is 8.36. The summed E-state index contributed by atoms with van der Waals surface area (Å²) in [5, 5.41) is 26.9. The summed E-state index contributed by atoms with van der Waals surface area (Å²) >= 11 is 5.74. The number of nitrogens with one attached hydrogen (secondary N) is 3. The van der Waals surface area contributed by atoms with Gasteiger partial charge in [-0.1, -0.05) is 11.6 Å². The lowest BCUT2D eigenvalue weighted by molar-refractivity contribution is -0.742. The second-order valence-electron chi connectivity index (χ2n) is 2.98.